The van der Waals surface area contributed by atoms with E-state index in [2.05, 4.69) is 29.2 Å². The average Bonchev–Trinajstić information content (AvgIpc) is 2.22. The highest BCUT2D eigenvalue weighted by atomic mass is 16.4. The lowest BCUT2D eigenvalue weighted by molar-refractivity contribution is -0.146. The van der Waals surface area contributed by atoms with Gasteiger partial charge in [0.2, 0.25) is 0 Å². The second kappa shape index (κ2) is 5.80. The Bertz CT molecular complexity index is 268. The molecular weight excluding hydrogens is 218 g/mol. The highest BCUT2D eigenvalue weighted by Crippen LogP contribution is 2.13. The summed E-state index contributed by atoms with van der Waals surface area (Å²) in [6, 6.07) is 0.471. The zero-order valence-electron chi connectivity index (χ0n) is 11.4. The van der Waals surface area contributed by atoms with Crippen LogP contribution in [0, 0.1) is 5.41 Å². The number of carboxylic acid groups (broad SMARTS) is 1. The zero-order chi connectivity index (χ0) is 13.1. The molecule has 1 saturated heterocycles. The van der Waals surface area contributed by atoms with Crippen LogP contribution in [0.4, 0.5) is 0 Å². The number of piperazine rings is 1. The van der Waals surface area contributed by atoms with Gasteiger partial charge in [0.05, 0.1) is 5.41 Å². The molecule has 0 bridgehead atoms. The van der Waals surface area contributed by atoms with Crippen molar-refractivity contribution in [1.29, 1.82) is 0 Å². The van der Waals surface area contributed by atoms with Crippen LogP contribution in [0.2, 0.25) is 0 Å². The van der Waals surface area contributed by atoms with Crippen LogP contribution in [0.3, 0.4) is 0 Å². The molecule has 5 nitrogen and oxygen atoms in total. The van der Waals surface area contributed by atoms with Crippen LogP contribution in [0.25, 0.3) is 0 Å². The van der Waals surface area contributed by atoms with Gasteiger partial charge in [0, 0.05) is 38.8 Å². The number of aliphatic carboxylic acids is 1. The van der Waals surface area contributed by atoms with Crippen molar-refractivity contribution < 1.29 is 9.90 Å². The first kappa shape index (κ1) is 14.4. The highest BCUT2D eigenvalue weighted by molar-refractivity contribution is 5.73. The van der Waals surface area contributed by atoms with E-state index in [1.165, 1.54) is 0 Å². The van der Waals surface area contributed by atoms with E-state index in [1.54, 1.807) is 13.8 Å². The van der Waals surface area contributed by atoms with E-state index in [0.29, 0.717) is 12.6 Å². The lowest BCUT2D eigenvalue weighted by atomic mass is 9.94. The summed E-state index contributed by atoms with van der Waals surface area (Å²) in [6.45, 7) is 8.07. The van der Waals surface area contributed by atoms with Crippen molar-refractivity contribution in [2.24, 2.45) is 5.41 Å². The smallest absolute Gasteiger partial charge is 0.310 e. The van der Waals surface area contributed by atoms with E-state index in [-0.39, 0.29) is 0 Å². The van der Waals surface area contributed by atoms with Gasteiger partial charge in [-0.05, 0) is 27.9 Å². The fourth-order valence-corrected chi connectivity index (χ4v) is 1.95. The molecular formula is C12H25N3O2. The van der Waals surface area contributed by atoms with E-state index in [0.717, 1.165) is 26.2 Å². The van der Waals surface area contributed by atoms with Crippen LogP contribution in [-0.4, -0.2) is 73.7 Å². The van der Waals surface area contributed by atoms with Gasteiger partial charge in [0.15, 0.2) is 0 Å². The maximum Gasteiger partial charge on any atom is 0.310 e. The summed E-state index contributed by atoms with van der Waals surface area (Å²) < 4.78 is 0. The van der Waals surface area contributed by atoms with Gasteiger partial charge in [0.1, 0.15) is 0 Å². The van der Waals surface area contributed by atoms with Gasteiger partial charge in [-0.25, -0.2) is 0 Å². The Balaban J connectivity index is 2.32. The summed E-state index contributed by atoms with van der Waals surface area (Å²) >= 11 is 0. The van der Waals surface area contributed by atoms with Gasteiger partial charge in [-0.3, -0.25) is 9.69 Å². The molecule has 1 fully saturated rings. The monoisotopic (exact) mass is 243 g/mol. The van der Waals surface area contributed by atoms with Gasteiger partial charge in [0.25, 0.3) is 0 Å². The van der Waals surface area contributed by atoms with E-state index in [9.17, 15) is 4.79 Å². The number of carboxylic acids is 1. The predicted octanol–water partition coefficient (Wildman–Crippen LogP) is -0.0674. The molecule has 1 heterocycles. The molecule has 1 unspecified atom stereocenters. The molecule has 0 aromatic rings. The van der Waals surface area contributed by atoms with Gasteiger partial charge >= 0.3 is 5.97 Å². The fraction of sp³-hybridized carbons (Fsp3) is 0.917. The lowest BCUT2D eigenvalue weighted by Crippen LogP contribution is -2.54. The Morgan fingerprint density at radius 3 is 2.65 bits per heavy atom. The summed E-state index contributed by atoms with van der Waals surface area (Å²) in [5.41, 5.74) is -0.695. The minimum absolute atomic E-state index is 0.471. The Hall–Kier alpha value is -0.650. The van der Waals surface area contributed by atoms with Gasteiger partial charge in [-0.15, -0.1) is 0 Å². The van der Waals surface area contributed by atoms with Crippen LogP contribution >= 0.6 is 0 Å². The SMILES string of the molecule is CN1CCN(C)C(CNCC(C)(C)C(=O)O)C1. The summed E-state index contributed by atoms with van der Waals surface area (Å²) in [5, 5.41) is 12.3. The molecule has 0 saturated carbocycles. The maximum absolute atomic E-state index is 11.0. The molecule has 100 valence electrons. The molecule has 0 aromatic heterocycles. The Kier molecular flexibility index (Phi) is 4.91. The standard InChI is InChI=1S/C12H25N3O2/c1-12(2,11(16)17)9-13-7-10-8-14(3)5-6-15(10)4/h10,13H,5-9H2,1-4H3,(H,16,17). The number of nitrogens with one attached hydrogen (secondary N) is 1. The molecule has 0 radical (unpaired) electrons. The summed E-state index contributed by atoms with van der Waals surface area (Å²) in [4.78, 5) is 15.6. The van der Waals surface area contributed by atoms with Crippen molar-refractivity contribution in [3.63, 3.8) is 0 Å². The number of hydrogen-bond acceptors (Lipinski definition) is 4. The molecule has 5 heteroatoms. The second-order valence-electron chi connectivity index (χ2n) is 5.72. The summed E-state index contributed by atoms with van der Waals surface area (Å²) in [6.07, 6.45) is 0. The second-order valence-corrected chi connectivity index (χ2v) is 5.72. The number of likely N-dealkylation sites (N-methyl/N-ethyl adjacent to an activating group) is 2. The summed E-state index contributed by atoms with van der Waals surface area (Å²) in [7, 11) is 4.25. The van der Waals surface area contributed by atoms with Crippen LogP contribution < -0.4 is 5.32 Å². The summed E-state index contributed by atoms with van der Waals surface area (Å²) in [5.74, 6) is -0.751. The van der Waals surface area contributed by atoms with Crippen molar-refractivity contribution in [2.45, 2.75) is 19.9 Å². The first-order valence-corrected chi connectivity index (χ1v) is 6.16. The molecule has 1 aliphatic heterocycles. The van der Waals surface area contributed by atoms with Crippen LogP contribution in [-0.2, 0) is 4.79 Å². The molecule has 1 rings (SSSR count). The third-order valence-corrected chi connectivity index (χ3v) is 3.51. The van der Waals surface area contributed by atoms with Crippen molar-refractivity contribution in [2.75, 3.05) is 46.8 Å². The first-order chi connectivity index (χ1) is 7.83. The van der Waals surface area contributed by atoms with Gasteiger partial charge < -0.3 is 15.3 Å². The number of hydrogen-bond donors (Lipinski definition) is 2. The van der Waals surface area contributed by atoms with E-state index < -0.39 is 11.4 Å². The molecule has 0 amide bonds. The zero-order valence-corrected chi connectivity index (χ0v) is 11.4. The van der Waals surface area contributed by atoms with Gasteiger partial charge in [-0.1, -0.05) is 0 Å². The van der Waals surface area contributed by atoms with Crippen LogP contribution in [0.15, 0.2) is 0 Å². The van der Waals surface area contributed by atoms with Crippen molar-refractivity contribution >= 4 is 5.97 Å². The molecule has 0 spiro atoms. The quantitative estimate of drug-likeness (QED) is 0.708. The van der Waals surface area contributed by atoms with E-state index in [1.807, 2.05) is 0 Å². The fourth-order valence-electron chi connectivity index (χ4n) is 1.95. The first-order valence-electron chi connectivity index (χ1n) is 6.16. The van der Waals surface area contributed by atoms with Crippen LogP contribution in [0.1, 0.15) is 13.8 Å². The van der Waals surface area contributed by atoms with Gasteiger partial charge in [-0.2, -0.15) is 0 Å². The molecule has 0 aromatic carbocycles. The molecule has 1 atom stereocenters. The normalized spacial score (nSPS) is 23.9. The van der Waals surface area contributed by atoms with Crippen molar-refractivity contribution in [3.05, 3.63) is 0 Å². The van der Waals surface area contributed by atoms with E-state index in [4.69, 9.17) is 5.11 Å². The maximum atomic E-state index is 11.0. The third-order valence-electron chi connectivity index (χ3n) is 3.51. The number of rotatable bonds is 5. The third kappa shape index (κ3) is 4.26. The predicted molar refractivity (Wildman–Crippen MR) is 68.2 cm³/mol. The minimum Gasteiger partial charge on any atom is -0.481 e. The minimum atomic E-state index is -0.751. The largest absolute Gasteiger partial charge is 0.481 e. The molecule has 17 heavy (non-hydrogen) atoms. The molecule has 0 aliphatic carbocycles. The lowest BCUT2D eigenvalue weighted by Gasteiger charge is -2.38. The van der Waals surface area contributed by atoms with Crippen molar-refractivity contribution in [3.8, 4) is 0 Å². The highest BCUT2D eigenvalue weighted by Gasteiger charge is 2.28. The number of carbonyl (C=O) groups is 1. The van der Waals surface area contributed by atoms with E-state index >= 15 is 0 Å². The Morgan fingerprint density at radius 1 is 1.41 bits per heavy atom. The topological polar surface area (TPSA) is 55.8 Å². The molecule has 1 aliphatic rings. The average molecular weight is 243 g/mol. The molecule has 2 N–H and O–H groups in total. The Morgan fingerprint density at radius 2 is 2.06 bits per heavy atom. The van der Waals surface area contributed by atoms with Crippen molar-refractivity contribution in [1.82, 2.24) is 15.1 Å². The van der Waals surface area contributed by atoms with Crippen LogP contribution in [0.5, 0.6) is 0 Å². The number of nitrogens with zero attached hydrogens (tertiary/aromatic N) is 2. The Labute approximate surface area is 104 Å².